The third-order valence-electron chi connectivity index (χ3n) is 2.90. The molecular formula is C10H16N4O. The minimum Gasteiger partial charge on any atom is -0.337 e. The molecule has 1 aromatic heterocycles. The van der Waals surface area contributed by atoms with Crippen molar-refractivity contribution in [2.45, 2.75) is 26.2 Å². The number of carbonyl (C=O) groups is 1. The summed E-state index contributed by atoms with van der Waals surface area (Å²) in [5, 5.41) is 9.91. The van der Waals surface area contributed by atoms with Crippen molar-refractivity contribution in [1.29, 1.82) is 0 Å². The van der Waals surface area contributed by atoms with E-state index in [1.54, 1.807) is 0 Å². The van der Waals surface area contributed by atoms with E-state index >= 15 is 0 Å². The van der Waals surface area contributed by atoms with E-state index in [-0.39, 0.29) is 5.91 Å². The molecule has 1 aliphatic rings. The van der Waals surface area contributed by atoms with Crippen molar-refractivity contribution in [3.63, 3.8) is 0 Å². The maximum atomic E-state index is 11.9. The minimum atomic E-state index is 0.00218. The monoisotopic (exact) mass is 208 g/mol. The molecule has 1 atom stereocenters. The molecule has 1 aromatic rings. The van der Waals surface area contributed by atoms with Gasteiger partial charge in [0.05, 0.1) is 6.20 Å². The number of amides is 1. The number of nitrogens with one attached hydrogen (secondary N) is 1. The predicted octanol–water partition coefficient (Wildman–Crippen LogP) is 1.07. The number of likely N-dealkylation sites (tertiary alicyclic amines) is 1. The SMILES string of the molecule is CCCC1CCN(C(=O)c2cn[nH]n2)C1. The third-order valence-corrected chi connectivity index (χ3v) is 2.90. The first-order valence-corrected chi connectivity index (χ1v) is 5.46. The summed E-state index contributed by atoms with van der Waals surface area (Å²) in [6.45, 7) is 3.91. The average molecular weight is 208 g/mol. The quantitative estimate of drug-likeness (QED) is 0.808. The van der Waals surface area contributed by atoms with Crippen molar-refractivity contribution in [2.75, 3.05) is 13.1 Å². The van der Waals surface area contributed by atoms with Crippen molar-refractivity contribution < 1.29 is 4.79 Å². The molecule has 2 heterocycles. The number of carbonyl (C=O) groups excluding carboxylic acids is 1. The van der Waals surface area contributed by atoms with Crippen LogP contribution in [0.25, 0.3) is 0 Å². The van der Waals surface area contributed by atoms with Crippen LogP contribution in [0, 0.1) is 5.92 Å². The zero-order valence-corrected chi connectivity index (χ0v) is 8.94. The van der Waals surface area contributed by atoms with Crippen LogP contribution >= 0.6 is 0 Å². The fourth-order valence-electron chi connectivity index (χ4n) is 2.13. The standard InChI is InChI=1S/C10H16N4O/c1-2-3-8-4-5-14(7-8)10(15)9-6-11-13-12-9/h6,8H,2-5,7H2,1H3,(H,11,12,13). The zero-order valence-electron chi connectivity index (χ0n) is 8.94. The highest BCUT2D eigenvalue weighted by Gasteiger charge is 2.27. The molecule has 1 fully saturated rings. The molecule has 5 nitrogen and oxygen atoms in total. The summed E-state index contributed by atoms with van der Waals surface area (Å²) in [4.78, 5) is 13.7. The molecule has 2 rings (SSSR count). The van der Waals surface area contributed by atoms with E-state index < -0.39 is 0 Å². The van der Waals surface area contributed by atoms with Gasteiger partial charge in [-0.05, 0) is 18.8 Å². The summed E-state index contributed by atoms with van der Waals surface area (Å²) >= 11 is 0. The van der Waals surface area contributed by atoms with Gasteiger partial charge in [-0.3, -0.25) is 4.79 Å². The Labute approximate surface area is 88.9 Å². The molecule has 1 aliphatic heterocycles. The van der Waals surface area contributed by atoms with Gasteiger partial charge in [0.25, 0.3) is 5.91 Å². The molecule has 15 heavy (non-hydrogen) atoms. The summed E-state index contributed by atoms with van der Waals surface area (Å²) in [7, 11) is 0. The Bertz CT molecular complexity index is 322. The molecule has 82 valence electrons. The lowest BCUT2D eigenvalue weighted by molar-refractivity contribution is 0.0780. The normalized spacial score (nSPS) is 20.9. The molecule has 1 N–H and O–H groups in total. The van der Waals surface area contributed by atoms with E-state index in [1.165, 1.54) is 19.0 Å². The summed E-state index contributed by atoms with van der Waals surface area (Å²) in [5.41, 5.74) is 0.423. The smallest absolute Gasteiger partial charge is 0.276 e. The van der Waals surface area contributed by atoms with Crippen LogP contribution in [0.2, 0.25) is 0 Å². The Morgan fingerprint density at radius 2 is 2.60 bits per heavy atom. The van der Waals surface area contributed by atoms with Crippen LogP contribution in [0.3, 0.4) is 0 Å². The number of H-pyrrole nitrogens is 1. The third kappa shape index (κ3) is 2.16. The molecule has 0 aromatic carbocycles. The van der Waals surface area contributed by atoms with Gasteiger partial charge in [0.15, 0.2) is 5.69 Å². The maximum Gasteiger partial charge on any atom is 0.276 e. The molecule has 1 saturated heterocycles. The van der Waals surface area contributed by atoms with Gasteiger partial charge in [-0.1, -0.05) is 13.3 Å². The van der Waals surface area contributed by atoms with Gasteiger partial charge >= 0.3 is 0 Å². The molecule has 0 bridgehead atoms. The number of hydrogen-bond acceptors (Lipinski definition) is 3. The van der Waals surface area contributed by atoms with Gasteiger partial charge in [-0.15, -0.1) is 0 Å². The van der Waals surface area contributed by atoms with E-state index in [9.17, 15) is 4.79 Å². The molecule has 0 spiro atoms. The minimum absolute atomic E-state index is 0.00218. The summed E-state index contributed by atoms with van der Waals surface area (Å²) < 4.78 is 0. The first kappa shape index (κ1) is 10.1. The van der Waals surface area contributed by atoms with Crippen LogP contribution in [0.5, 0.6) is 0 Å². The van der Waals surface area contributed by atoms with Crippen molar-refractivity contribution in [2.24, 2.45) is 5.92 Å². The van der Waals surface area contributed by atoms with Crippen molar-refractivity contribution in [3.05, 3.63) is 11.9 Å². The van der Waals surface area contributed by atoms with Crippen molar-refractivity contribution in [3.8, 4) is 0 Å². The van der Waals surface area contributed by atoms with Gasteiger partial charge < -0.3 is 4.90 Å². The molecule has 0 radical (unpaired) electrons. The van der Waals surface area contributed by atoms with E-state index in [4.69, 9.17) is 0 Å². The second-order valence-electron chi connectivity index (χ2n) is 4.05. The van der Waals surface area contributed by atoms with Gasteiger partial charge in [-0.2, -0.15) is 15.4 Å². The topological polar surface area (TPSA) is 61.9 Å². The zero-order chi connectivity index (χ0) is 10.7. The Hall–Kier alpha value is -1.39. The summed E-state index contributed by atoms with van der Waals surface area (Å²) in [6.07, 6.45) is 5.01. The first-order chi connectivity index (χ1) is 7.31. The Kier molecular flexibility index (Phi) is 2.99. The van der Waals surface area contributed by atoms with Gasteiger partial charge in [0, 0.05) is 13.1 Å². The molecule has 0 aliphatic carbocycles. The van der Waals surface area contributed by atoms with E-state index in [1.807, 2.05) is 4.90 Å². The van der Waals surface area contributed by atoms with Crippen LogP contribution in [0.4, 0.5) is 0 Å². The van der Waals surface area contributed by atoms with Crippen LogP contribution in [0.1, 0.15) is 36.7 Å². The van der Waals surface area contributed by atoms with Gasteiger partial charge in [0.1, 0.15) is 0 Å². The Balaban J connectivity index is 1.93. The summed E-state index contributed by atoms with van der Waals surface area (Å²) in [6, 6.07) is 0. The van der Waals surface area contributed by atoms with Gasteiger partial charge in [0.2, 0.25) is 0 Å². The van der Waals surface area contributed by atoms with Crippen molar-refractivity contribution in [1.82, 2.24) is 20.3 Å². The predicted molar refractivity (Wildman–Crippen MR) is 55.3 cm³/mol. The molecule has 0 saturated carbocycles. The van der Waals surface area contributed by atoms with Crippen LogP contribution in [-0.2, 0) is 0 Å². The highest BCUT2D eigenvalue weighted by Crippen LogP contribution is 2.21. The van der Waals surface area contributed by atoms with E-state index in [2.05, 4.69) is 22.3 Å². The Morgan fingerprint density at radius 1 is 1.73 bits per heavy atom. The highest BCUT2D eigenvalue weighted by molar-refractivity contribution is 5.92. The second kappa shape index (κ2) is 4.42. The molecule has 5 heteroatoms. The fraction of sp³-hybridized carbons (Fsp3) is 0.700. The molecular weight excluding hydrogens is 192 g/mol. The van der Waals surface area contributed by atoms with Crippen molar-refractivity contribution >= 4 is 5.91 Å². The number of nitrogens with zero attached hydrogens (tertiary/aromatic N) is 3. The number of aromatic nitrogens is 3. The average Bonchev–Trinajstić information content (AvgIpc) is 2.87. The summed E-state index contributed by atoms with van der Waals surface area (Å²) in [5.74, 6) is 0.674. The Morgan fingerprint density at radius 3 is 3.27 bits per heavy atom. The molecule has 1 unspecified atom stereocenters. The number of aromatic amines is 1. The largest absolute Gasteiger partial charge is 0.337 e. The van der Waals surface area contributed by atoms with Gasteiger partial charge in [-0.25, -0.2) is 0 Å². The maximum absolute atomic E-state index is 11.9. The van der Waals surface area contributed by atoms with E-state index in [0.29, 0.717) is 11.6 Å². The molecule has 1 amide bonds. The second-order valence-corrected chi connectivity index (χ2v) is 4.05. The van der Waals surface area contributed by atoms with Crippen LogP contribution in [0.15, 0.2) is 6.20 Å². The highest BCUT2D eigenvalue weighted by atomic mass is 16.2. The van der Waals surface area contributed by atoms with Crippen LogP contribution in [-0.4, -0.2) is 39.3 Å². The van der Waals surface area contributed by atoms with Crippen LogP contribution < -0.4 is 0 Å². The lowest BCUT2D eigenvalue weighted by atomic mass is 10.0. The number of hydrogen-bond donors (Lipinski definition) is 1. The first-order valence-electron chi connectivity index (χ1n) is 5.46. The lowest BCUT2D eigenvalue weighted by Crippen LogP contribution is -2.29. The number of rotatable bonds is 3. The van der Waals surface area contributed by atoms with E-state index in [0.717, 1.165) is 19.5 Å². The lowest BCUT2D eigenvalue weighted by Gasteiger charge is -2.14. The fourth-order valence-corrected chi connectivity index (χ4v) is 2.13.